The van der Waals surface area contributed by atoms with Crippen LogP contribution >= 0.6 is 11.6 Å². The third-order valence-electron chi connectivity index (χ3n) is 4.13. The molecule has 13 heavy (non-hydrogen) atoms. The second-order valence-electron chi connectivity index (χ2n) is 5.43. The lowest BCUT2D eigenvalue weighted by Gasteiger charge is -2.28. The van der Waals surface area contributed by atoms with Crippen LogP contribution < -0.4 is 0 Å². The van der Waals surface area contributed by atoms with Crippen LogP contribution in [-0.4, -0.2) is 5.38 Å². The summed E-state index contributed by atoms with van der Waals surface area (Å²) in [4.78, 5) is 0. The molecule has 0 bridgehead atoms. The number of hydrogen-bond donors (Lipinski definition) is 0. The zero-order valence-corrected chi connectivity index (χ0v) is 9.45. The van der Waals surface area contributed by atoms with Gasteiger partial charge in [-0.3, -0.25) is 0 Å². The van der Waals surface area contributed by atoms with Gasteiger partial charge in [0.25, 0.3) is 0 Å². The average molecular weight is 201 g/mol. The minimum Gasteiger partial charge on any atom is -0.123 e. The summed E-state index contributed by atoms with van der Waals surface area (Å²) in [5, 5.41) is 0.498. The molecular weight excluding hydrogens is 180 g/mol. The van der Waals surface area contributed by atoms with Crippen LogP contribution in [0.25, 0.3) is 0 Å². The lowest BCUT2D eigenvalue weighted by Crippen LogP contribution is -2.19. The number of alkyl halides is 1. The van der Waals surface area contributed by atoms with Crippen LogP contribution in [0.2, 0.25) is 0 Å². The molecule has 2 aliphatic rings. The summed E-state index contributed by atoms with van der Waals surface area (Å²) < 4.78 is 0. The number of rotatable bonds is 2. The first-order valence-electron chi connectivity index (χ1n) is 5.84. The maximum absolute atomic E-state index is 6.32. The molecule has 0 spiro atoms. The largest absolute Gasteiger partial charge is 0.123 e. The van der Waals surface area contributed by atoms with Crippen molar-refractivity contribution in [3.63, 3.8) is 0 Å². The normalized spacial score (nSPS) is 38.3. The topological polar surface area (TPSA) is 0 Å². The van der Waals surface area contributed by atoms with E-state index in [1.54, 1.807) is 0 Å². The first kappa shape index (κ1) is 9.83. The Balaban J connectivity index is 1.88. The van der Waals surface area contributed by atoms with Crippen LogP contribution in [0.5, 0.6) is 0 Å². The van der Waals surface area contributed by atoms with Crippen molar-refractivity contribution >= 4 is 11.6 Å². The van der Waals surface area contributed by atoms with Gasteiger partial charge in [0.2, 0.25) is 0 Å². The zero-order chi connectivity index (χ0) is 9.31. The molecule has 0 aliphatic heterocycles. The lowest BCUT2D eigenvalue weighted by molar-refractivity contribution is 0.250. The van der Waals surface area contributed by atoms with Crippen molar-refractivity contribution < 1.29 is 0 Å². The fourth-order valence-electron chi connectivity index (χ4n) is 3.29. The van der Waals surface area contributed by atoms with Gasteiger partial charge in [0.15, 0.2) is 0 Å². The van der Waals surface area contributed by atoms with E-state index >= 15 is 0 Å². The molecule has 0 heterocycles. The van der Waals surface area contributed by atoms with E-state index < -0.39 is 0 Å². The molecule has 2 saturated carbocycles. The molecule has 0 aromatic heterocycles. The maximum atomic E-state index is 6.32. The highest BCUT2D eigenvalue weighted by atomic mass is 35.5. The third-order valence-corrected chi connectivity index (χ3v) is 4.71. The second-order valence-corrected chi connectivity index (χ2v) is 5.99. The van der Waals surface area contributed by atoms with Gasteiger partial charge in [-0.25, -0.2) is 0 Å². The van der Waals surface area contributed by atoms with Crippen LogP contribution in [0.3, 0.4) is 0 Å². The monoisotopic (exact) mass is 200 g/mol. The number of halogens is 1. The average Bonchev–Trinajstić information content (AvgIpc) is 2.64. The lowest BCUT2D eigenvalue weighted by atomic mass is 9.79. The van der Waals surface area contributed by atoms with E-state index in [2.05, 4.69) is 6.92 Å². The molecule has 0 N–H and O–H groups in total. The molecule has 0 aromatic rings. The number of hydrogen-bond acceptors (Lipinski definition) is 0. The third kappa shape index (κ3) is 2.21. The summed E-state index contributed by atoms with van der Waals surface area (Å²) in [7, 11) is 0. The molecule has 1 heteroatoms. The Bertz CT molecular complexity index is 170. The van der Waals surface area contributed by atoms with Crippen molar-refractivity contribution in [2.45, 2.75) is 63.7 Å². The van der Waals surface area contributed by atoms with Crippen molar-refractivity contribution in [2.24, 2.45) is 11.3 Å². The molecule has 2 rings (SSSR count). The van der Waals surface area contributed by atoms with E-state index in [4.69, 9.17) is 11.6 Å². The van der Waals surface area contributed by atoms with Gasteiger partial charge >= 0.3 is 0 Å². The van der Waals surface area contributed by atoms with Gasteiger partial charge in [-0.15, -0.1) is 11.6 Å². The molecule has 2 fully saturated rings. The Morgan fingerprint density at radius 1 is 1.15 bits per heavy atom. The van der Waals surface area contributed by atoms with E-state index in [1.807, 2.05) is 0 Å². The highest BCUT2D eigenvalue weighted by Crippen LogP contribution is 2.46. The molecule has 0 nitrogen and oxygen atoms in total. The van der Waals surface area contributed by atoms with E-state index in [0.29, 0.717) is 10.8 Å². The van der Waals surface area contributed by atoms with Gasteiger partial charge in [-0.2, -0.15) is 0 Å². The SMILES string of the molecule is CC1(CC2CCCC2Cl)CCCC1. The molecule has 2 atom stereocenters. The fourth-order valence-corrected chi connectivity index (χ4v) is 3.66. The van der Waals surface area contributed by atoms with Crippen molar-refractivity contribution in [3.8, 4) is 0 Å². The first-order chi connectivity index (χ1) is 6.20. The van der Waals surface area contributed by atoms with Crippen LogP contribution in [0.1, 0.15) is 58.3 Å². The molecule has 0 radical (unpaired) electrons. The van der Waals surface area contributed by atoms with E-state index in [-0.39, 0.29) is 0 Å². The summed E-state index contributed by atoms with van der Waals surface area (Å²) in [6, 6.07) is 0. The van der Waals surface area contributed by atoms with Gasteiger partial charge in [-0.1, -0.05) is 26.2 Å². The van der Waals surface area contributed by atoms with Crippen LogP contribution in [0.4, 0.5) is 0 Å². The van der Waals surface area contributed by atoms with Crippen molar-refractivity contribution in [3.05, 3.63) is 0 Å². The molecule has 0 aromatic carbocycles. The molecule has 2 unspecified atom stereocenters. The van der Waals surface area contributed by atoms with Crippen LogP contribution in [0.15, 0.2) is 0 Å². The summed E-state index contributed by atoms with van der Waals surface area (Å²) in [5.41, 5.74) is 0.655. The van der Waals surface area contributed by atoms with E-state index in [1.165, 1.54) is 51.4 Å². The van der Waals surface area contributed by atoms with E-state index in [9.17, 15) is 0 Å². The molecular formula is C12H21Cl. The summed E-state index contributed by atoms with van der Waals surface area (Å²) in [6.45, 7) is 2.47. The van der Waals surface area contributed by atoms with Crippen molar-refractivity contribution in [1.82, 2.24) is 0 Å². The van der Waals surface area contributed by atoms with Crippen molar-refractivity contribution in [1.29, 1.82) is 0 Å². The van der Waals surface area contributed by atoms with Gasteiger partial charge in [0, 0.05) is 5.38 Å². The van der Waals surface area contributed by atoms with Crippen molar-refractivity contribution in [2.75, 3.05) is 0 Å². The Hall–Kier alpha value is 0.290. The summed E-state index contributed by atoms with van der Waals surface area (Å²) >= 11 is 6.32. The standard InChI is InChI=1S/C12H21Cl/c1-12(7-2-3-8-12)9-10-5-4-6-11(10)13/h10-11H,2-9H2,1H3. The molecule has 0 saturated heterocycles. The molecule has 76 valence electrons. The van der Waals surface area contributed by atoms with Gasteiger partial charge < -0.3 is 0 Å². The zero-order valence-electron chi connectivity index (χ0n) is 8.69. The Morgan fingerprint density at radius 3 is 2.38 bits per heavy atom. The summed E-state index contributed by atoms with van der Waals surface area (Å²) in [6.07, 6.45) is 11.2. The Kier molecular flexibility index (Phi) is 2.88. The highest BCUT2D eigenvalue weighted by Gasteiger charge is 2.35. The minimum absolute atomic E-state index is 0.498. The highest BCUT2D eigenvalue weighted by molar-refractivity contribution is 6.20. The summed E-state index contributed by atoms with van der Waals surface area (Å²) in [5.74, 6) is 0.838. The molecule has 2 aliphatic carbocycles. The Morgan fingerprint density at radius 2 is 1.85 bits per heavy atom. The van der Waals surface area contributed by atoms with Gasteiger partial charge in [0.1, 0.15) is 0 Å². The maximum Gasteiger partial charge on any atom is 0.0364 e. The second kappa shape index (κ2) is 3.81. The van der Waals surface area contributed by atoms with E-state index in [0.717, 1.165) is 5.92 Å². The van der Waals surface area contributed by atoms with Crippen LogP contribution in [-0.2, 0) is 0 Å². The van der Waals surface area contributed by atoms with Gasteiger partial charge in [0.05, 0.1) is 0 Å². The minimum atomic E-state index is 0.498. The fraction of sp³-hybridized carbons (Fsp3) is 1.00. The Labute approximate surface area is 87.0 Å². The first-order valence-corrected chi connectivity index (χ1v) is 6.27. The van der Waals surface area contributed by atoms with Gasteiger partial charge in [-0.05, 0) is 43.4 Å². The molecule has 0 amide bonds. The quantitative estimate of drug-likeness (QED) is 0.581. The predicted molar refractivity (Wildman–Crippen MR) is 58.2 cm³/mol. The predicted octanol–water partition coefficient (Wildman–Crippen LogP) is 4.36. The smallest absolute Gasteiger partial charge is 0.0364 e. The van der Waals surface area contributed by atoms with Crippen LogP contribution in [0, 0.1) is 11.3 Å².